The molecule has 0 atom stereocenters. The minimum Gasteiger partial charge on any atom is -0.487 e. The van der Waals surface area contributed by atoms with Gasteiger partial charge in [0.2, 0.25) is 0 Å². The molecule has 0 aromatic rings. The Kier molecular flexibility index (Phi) is 18.3. The van der Waals surface area contributed by atoms with Crippen LogP contribution in [-0.4, -0.2) is 17.7 Å². The molecule has 0 spiro atoms. The van der Waals surface area contributed by atoms with Gasteiger partial charge < -0.3 is 9.84 Å². The zero-order valence-electron chi connectivity index (χ0n) is 17.0. The predicted molar refractivity (Wildman–Crippen MR) is 116 cm³/mol. The Morgan fingerprint density at radius 2 is 1.22 bits per heavy atom. The van der Waals surface area contributed by atoms with Crippen LogP contribution in [0.4, 0.5) is 0 Å². The summed E-state index contributed by atoms with van der Waals surface area (Å²) < 4.78 is 5.06. The van der Waals surface area contributed by atoms with Gasteiger partial charge >= 0.3 is 5.97 Å². The Bertz CT molecular complexity index is 534. The van der Waals surface area contributed by atoms with Crippen LogP contribution in [0.1, 0.15) is 65.2 Å². The van der Waals surface area contributed by atoms with Gasteiger partial charge in [-0.15, -0.1) is 0 Å². The third-order valence-corrected chi connectivity index (χ3v) is 3.57. The molecule has 150 valence electrons. The topological polar surface area (TPSA) is 46.5 Å². The summed E-state index contributed by atoms with van der Waals surface area (Å²) in [4.78, 5) is 10.9. The molecule has 1 N–H and O–H groups in total. The first kappa shape index (κ1) is 24.7. The monoisotopic (exact) mass is 372 g/mol. The molecule has 0 aromatic heterocycles. The minimum absolute atomic E-state index is 0.0567. The van der Waals surface area contributed by atoms with Crippen molar-refractivity contribution in [2.24, 2.45) is 0 Å². The highest BCUT2D eigenvalue weighted by Crippen LogP contribution is 2.05. The second kappa shape index (κ2) is 20.0. The lowest BCUT2D eigenvalue weighted by Gasteiger charge is -2.02. The van der Waals surface area contributed by atoms with E-state index in [1.165, 1.54) is 0 Å². The number of unbranched alkanes of at least 4 members (excludes halogenated alkanes) is 2. The maximum Gasteiger partial charge on any atom is 0.370 e. The highest BCUT2D eigenvalue weighted by Gasteiger charge is 2.05. The van der Waals surface area contributed by atoms with Crippen molar-refractivity contribution in [1.29, 1.82) is 0 Å². The molecule has 3 nitrogen and oxygen atoms in total. The van der Waals surface area contributed by atoms with E-state index in [1.54, 1.807) is 13.0 Å². The summed E-state index contributed by atoms with van der Waals surface area (Å²) in [6.07, 6.45) is 31.1. The smallest absolute Gasteiger partial charge is 0.370 e. The Labute approximate surface area is 165 Å². The van der Waals surface area contributed by atoms with Gasteiger partial charge in [0.25, 0.3) is 0 Å². The first-order chi connectivity index (χ1) is 13.2. The van der Waals surface area contributed by atoms with Crippen LogP contribution in [0, 0.1) is 0 Å². The largest absolute Gasteiger partial charge is 0.487 e. The van der Waals surface area contributed by atoms with E-state index in [0.717, 1.165) is 51.4 Å². The van der Waals surface area contributed by atoms with Gasteiger partial charge in [-0.2, -0.15) is 0 Å². The third-order valence-electron chi connectivity index (χ3n) is 3.57. The van der Waals surface area contributed by atoms with E-state index in [-0.39, 0.29) is 5.76 Å². The van der Waals surface area contributed by atoms with Gasteiger partial charge in [0.15, 0.2) is 5.76 Å². The van der Waals surface area contributed by atoms with E-state index in [0.29, 0.717) is 6.61 Å². The highest BCUT2D eigenvalue weighted by molar-refractivity contribution is 5.84. The second-order valence-corrected chi connectivity index (χ2v) is 5.95. The average molecular weight is 373 g/mol. The van der Waals surface area contributed by atoms with Gasteiger partial charge in [-0.25, -0.2) is 4.79 Å². The van der Waals surface area contributed by atoms with Crippen LogP contribution in [0.2, 0.25) is 0 Å². The molecular formula is C24H36O3. The summed E-state index contributed by atoms with van der Waals surface area (Å²) in [5.74, 6) is -0.937. The number of carbonyl (C=O) groups is 1. The number of carboxylic acid groups (broad SMARTS) is 1. The van der Waals surface area contributed by atoms with Gasteiger partial charge in [0.1, 0.15) is 0 Å². The predicted octanol–water partition coefficient (Wildman–Crippen LogP) is 6.91. The molecule has 0 saturated heterocycles. The molecule has 0 fully saturated rings. The molecule has 0 heterocycles. The number of ether oxygens (including phenoxy) is 1. The Morgan fingerprint density at radius 3 is 1.67 bits per heavy atom. The number of hydrogen-bond acceptors (Lipinski definition) is 2. The molecule has 0 bridgehead atoms. The Hall–Kier alpha value is -2.29. The van der Waals surface area contributed by atoms with Crippen LogP contribution in [-0.2, 0) is 9.53 Å². The molecule has 0 aliphatic carbocycles. The van der Waals surface area contributed by atoms with E-state index < -0.39 is 5.97 Å². The molecule has 27 heavy (non-hydrogen) atoms. The van der Waals surface area contributed by atoms with Crippen molar-refractivity contribution in [3.63, 3.8) is 0 Å². The van der Waals surface area contributed by atoms with Gasteiger partial charge in [-0.1, -0.05) is 67.7 Å². The Balaban J connectivity index is 3.68. The fraction of sp³-hybridized carbons (Fsp3) is 0.458. The molecule has 0 unspecified atom stereocenters. The molecular weight excluding hydrogens is 336 g/mol. The van der Waals surface area contributed by atoms with E-state index in [1.807, 2.05) is 0 Å². The number of allylic oxidation sites excluding steroid dienone is 11. The lowest BCUT2D eigenvalue weighted by molar-refractivity contribution is -0.136. The fourth-order valence-electron chi connectivity index (χ4n) is 2.20. The van der Waals surface area contributed by atoms with Crippen LogP contribution in [0.15, 0.2) is 72.6 Å². The summed E-state index contributed by atoms with van der Waals surface area (Å²) in [6.45, 7) is 4.31. The van der Waals surface area contributed by atoms with Crippen LogP contribution in [0.5, 0.6) is 0 Å². The molecule has 3 heteroatoms. The van der Waals surface area contributed by atoms with Crippen LogP contribution in [0.3, 0.4) is 0 Å². The van der Waals surface area contributed by atoms with Crippen molar-refractivity contribution in [3.8, 4) is 0 Å². The van der Waals surface area contributed by atoms with Crippen molar-refractivity contribution in [2.75, 3.05) is 6.61 Å². The van der Waals surface area contributed by atoms with Crippen LogP contribution in [0.25, 0.3) is 0 Å². The lowest BCUT2D eigenvalue weighted by atomic mass is 10.2. The van der Waals surface area contributed by atoms with E-state index in [2.05, 4.69) is 67.7 Å². The average Bonchev–Trinajstić information content (AvgIpc) is 2.66. The van der Waals surface area contributed by atoms with Crippen LogP contribution >= 0.6 is 0 Å². The standard InChI is InChI=1S/C24H36O3/c1-3-5-6-7-8-9-10-11-12-13-14-15-16-17-18-19-20-21-22-23(24(25)26)27-4-2/h5-6,8-9,11-12,14-15,17-18,22H,3-4,7,10,13,16,19-21H2,1-2H3,(H,25,26)/b6-5-,9-8-,12-11-,15-14-,18-17-,23-22-. The van der Waals surface area contributed by atoms with Gasteiger partial charge in [-0.3, -0.25) is 0 Å². The van der Waals surface area contributed by atoms with Crippen molar-refractivity contribution in [3.05, 3.63) is 72.6 Å². The molecule has 0 rings (SSSR count). The first-order valence-electron chi connectivity index (χ1n) is 10.0. The minimum atomic E-state index is -0.994. The number of hydrogen-bond donors (Lipinski definition) is 1. The van der Waals surface area contributed by atoms with E-state index in [9.17, 15) is 4.79 Å². The van der Waals surface area contributed by atoms with Crippen LogP contribution < -0.4 is 0 Å². The molecule has 0 aliphatic heterocycles. The summed E-state index contributed by atoms with van der Waals surface area (Å²) in [7, 11) is 0. The van der Waals surface area contributed by atoms with Crippen molar-refractivity contribution in [2.45, 2.75) is 65.2 Å². The fourth-order valence-corrected chi connectivity index (χ4v) is 2.20. The quantitative estimate of drug-likeness (QED) is 0.138. The molecule has 0 aromatic carbocycles. The summed E-state index contributed by atoms with van der Waals surface area (Å²) in [6, 6.07) is 0. The molecule has 0 aliphatic rings. The number of aliphatic carboxylic acids is 1. The number of carboxylic acids is 1. The summed E-state index contributed by atoms with van der Waals surface area (Å²) in [5, 5.41) is 8.92. The maximum atomic E-state index is 10.9. The van der Waals surface area contributed by atoms with Crippen molar-refractivity contribution in [1.82, 2.24) is 0 Å². The molecule has 0 radical (unpaired) electrons. The summed E-state index contributed by atoms with van der Waals surface area (Å²) >= 11 is 0. The third kappa shape index (κ3) is 18.3. The highest BCUT2D eigenvalue weighted by atomic mass is 16.5. The van der Waals surface area contributed by atoms with E-state index >= 15 is 0 Å². The van der Waals surface area contributed by atoms with Gasteiger partial charge in [0.05, 0.1) is 6.61 Å². The lowest BCUT2D eigenvalue weighted by Crippen LogP contribution is -2.04. The summed E-state index contributed by atoms with van der Waals surface area (Å²) in [5.41, 5.74) is 0. The maximum absolute atomic E-state index is 10.9. The second-order valence-electron chi connectivity index (χ2n) is 5.95. The van der Waals surface area contributed by atoms with Crippen molar-refractivity contribution >= 4 is 5.97 Å². The van der Waals surface area contributed by atoms with Gasteiger partial charge in [-0.05, 0) is 64.4 Å². The van der Waals surface area contributed by atoms with E-state index in [4.69, 9.17) is 9.84 Å². The first-order valence-corrected chi connectivity index (χ1v) is 10.0. The van der Waals surface area contributed by atoms with Crippen molar-refractivity contribution < 1.29 is 14.6 Å². The normalized spacial score (nSPS) is 13.2. The SMILES string of the molecule is CC/C=C\C/C=C\C/C=C\C/C=C\C/C=C\CCC/C=C(\OCC)C(=O)O. The molecule has 0 saturated carbocycles. The molecule has 0 amide bonds. The Morgan fingerprint density at radius 1 is 0.741 bits per heavy atom. The zero-order chi connectivity index (χ0) is 20.0. The zero-order valence-corrected chi connectivity index (χ0v) is 17.0. The number of rotatable bonds is 16. The van der Waals surface area contributed by atoms with Gasteiger partial charge in [0, 0.05) is 0 Å².